The monoisotopic (exact) mass is 525 g/mol. The molecule has 2 aliphatic heterocycles. The van der Waals surface area contributed by atoms with Crippen LogP contribution in [0.3, 0.4) is 0 Å². The fourth-order valence-corrected chi connectivity index (χ4v) is 5.42. The van der Waals surface area contributed by atoms with Crippen molar-refractivity contribution in [2.45, 2.75) is 110 Å². The predicted octanol–water partition coefficient (Wildman–Crippen LogP) is 2.51. The highest BCUT2D eigenvalue weighted by Gasteiger charge is 2.44. The molecule has 212 valence electrons. The summed E-state index contributed by atoms with van der Waals surface area (Å²) in [6, 6.07) is -0.188. The summed E-state index contributed by atoms with van der Waals surface area (Å²) >= 11 is 0. The summed E-state index contributed by atoms with van der Waals surface area (Å²) < 4.78 is 17.9. The Morgan fingerprint density at radius 2 is 1.73 bits per heavy atom. The Balaban J connectivity index is 2.44. The number of carbonyl (C=O) groups is 3. The van der Waals surface area contributed by atoms with E-state index in [1.807, 2.05) is 32.8 Å². The minimum Gasteiger partial charge on any atom is -0.458 e. The molecule has 0 radical (unpaired) electrons. The van der Waals surface area contributed by atoms with Crippen LogP contribution >= 0.6 is 0 Å². The fraction of sp³-hybridized carbons (Fsp3) is 0.821. The lowest BCUT2D eigenvalue weighted by molar-refractivity contribution is -0.278. The molecule has 0 aliphatic carbocycles. The minimum atomic E-state index is -1.57. The fourth-order valence-electron chi connectivity index (χ4n) is 5.42. The molecule has 0 saturated carbocycles. The smallest absolute Gasteiger partial charge is 0.316 e. The first-order chi connectivity index (χ1) is 17.1. The van der Waals surface area contributed by atoms with E-state index in [1.165, 1.54) is 26.0 Å². The van der Waals surface area contributed by atoms with Crippen molar-refractivity contribution in [2.24, 2.45) is 23.7 Å². The van der Waals surface area contributed by atoms with Crippen molar-refractivity contribution >= 4 is 17.5 Å². The summed E-state index contributed by atoms with van der Waals surface area (Å²) in [4.78, 5) is 41.3. The third-order valence-electron chi connectivity index (χ3n) is 7.93. The molecule has 9 heteroatoms. The average Bonchev–Trinajstić information content (AvgIpc) is 2.83. The number of aliphatic hydroxyl groups excluding tert-OH is 1. The number of hydrogen-bond acceptors (Lipinski definition) is 9. The van der Waals surface area contributed by atoms with E-state index in [0.717, 1.165) is 0 Å². The molecule has 0 amide bonds. The van der Waals surface area contributed by atoms with E-state index in [9.17, 15) is 24.6 Å². The molecule has 0 aromatic rings. The van der Waals surface area contributed by atoms with Gasteiger partial charge < -0.3 is 29.3 Å². The number of cyclic esters (lactones) is 1. The van der Waals surface area contributed by atoms with Gasteiger partial charge in [-0.25, -0.2) is 0 Å². The molecule has 0 aromatic heterocycles. The highest BCUT2D eigenvalue weighted by Crippen LogP contribution is 2.32. The maximum Gasteiger partial charge on any atom is 0.316 e. The quantitative estimate of drug-likeness (QED) is 0.421. The molecule has 0 bridgehead atoms. The zero-order valence-electron chi connectivity index (χ0n) is 23.8. The zero-order chi connectivity index (χ0) is 28.2. The van der Waals surface area contributed by atoms with Crippen LogP contribution in [0, 0.1) is 23.7 Å². The van der Waals surface area contributed by atoms with Gasteiger partial charge in [-0.3, -0.25) is 14.4 Å². The van der Waals surface area contributed by atoms with Crippen LogP contribution in [0.5, 0.6) is 0 Å². The van der Waals surface area contributed by atoms with Crippen LogP contribution in [0.4, 0.5) is 0 Å². The van der Waals surface area contributed by atoms with Gasteiger partial charge in [0.15, 0.2) is 17.9 Å². The third kappa shape index (κ3) is 7.69. The summed E-state index contributed by atoms with van der Waals surface area (Å²) in [6.07, 6.45) is 0.318. The first-order valence-corrected chi connectivity index (χ1v) is 13.5. The highest BCUT2D eigenvalue weighted by atomic mass is 16.7. The molecular formula is C28H47NO8. The maximum atomic E-state index is 13.5. The lowest BCUT2D eigenvalue weighted by atomic mass is 9.80. The number of Topliss-reactive ketones (excluding diaryl/α,β-unsaturated/α-hetero) is 1. The molecule has 11 atom stereocenters. The summed E-state index contributed by atoms with van der Waals surface area (Å²) in [7, 11) is 3.77. The van der Waals surface area contributed by atoms with E-state index in [-0.39, 0.29) is 29.6 Å². The van der Waals surface area contributed by atoms with Crippen molar-refractivity contribution in [1.29, 1.82) is 0 Å². The van der Waals surface area contributed by atoms with E-state index < -0.39 is 53.9 Å². The Labute approximate surface area is 221 Å². The maximum absolute atomic E-state index is 13.5. The molecule has 2 heterocycles. The van der Waals surface area contributed by atoms with E-state index in [0.29, 0.717) is 19.3 Å². The number of ketones is 2. The number of allylic oxidation sites excluding steroid dienone is 1. The molecule has 2 aliphatic rings. The second kappa shape index (κ2) is 12.9. The van der Waals surface area contributed by atoms with Crippen LogP contribution in [0.1, 0.15) is 67.7 Å². The first kappa shape index (κ1) is 31.6. The number of rotatable bonds is 4. The van der Waals surface area contributed by atoms with E-state index in [4.69, 9.17) is 14.2 Å². The van der Waals surface area contributed by atoms with Crippen LogP contribution in [-0.4, -0.2) is 89.1 Å². The van der Waals surface area contributed by atoms with Gasteiger partial charge in [-0.15, -0.1) is 0 Å². The normalized spacial score (nSPS) is 43.8. The SMILES string of the molecule is CCC1OC(=O)[C@H](C)C(=O)[C@H](C)[C@@H](O[C@@H]2O[C@H](C)C[C@H](N(C)C)[C@H]2O)[C@@H](C)C[C@@H](C)C(=O)/C=C/[C@]1(C)O. The largest absolute Gasteiger partial charge is 0.458 e. The Morgan fingerprint density at radius 3 is 2.30 bits per heavy atom. The van der Waals surface area contributed by atoms with Gasteiger partial charge in [0, 0.05) is 17.9 Å². The van der Waals surface area contributed by atoms with Gasteiger partial charge in [-0.05, 0) is 72.2 Å². The Morgan fingerprint density at radius 1 is 1.11 bits per heavy atom. The number of ether oxygens (including phenoxy) is 3. The molecular weight excluding hydrogens is 478 g/mol. The minimum absolute atomic E-state index is 0.168. The van der Waals surface area contributed by atoms with Gasteiger partial charge in [0.05, 0.1) is 12.2 Å². The van der Waals surface area contributed by atoms with Gasteiger partial charge in [0.1, 0.15) is 23.7 Å². The number of esters is 1. The molecule has 1 unspecified atom stereocenters. The number of hydrogen-bond donors (Lipinski definition) is 2. The van der Waals surface area contributed by atoms with Crippen molar-refractivity contribution in [3.05, 3.63) is 12.2 Å². The van der Waals surface area contributed by atoms with Gasteiger partial charge in [-0.1, -0.05) is 27.7 Å². The predicted molar refractivity (Wildman–Crippen MR) is 139 cm³/mol. The van der Waals surface area contributed by atoms with Crippen molar-refractivity contribution in [3.8, 4) is 0 Å². The Kier molecular flexibility index (Phi) is 11.0. The number of aliphatic hydroxyl groups is 2. The summed E-state index contributed by atoms with van der Waals surface area (Å²) in [5.74, 6) is -3.83. The first-order valence-electron chi connectivity index (χ1n) is 13.5. The van der Waals surface area contributed by atoms with Crippen molar-refractivity contribution < 1.29 is 38.8 Å². The molecule has 2 rings (SSSR count). The Bertz CT molecular complexity index is 840. The zero-order valence-corrected chi connectivity index (χ0v) is 23.8. The van der Waals surface area contributed by atoms with E-state index in [1.54, 1.807) is 20.8 Å². The van der Waals surface area contributed by atoms with Crippen LogP contribution < -0.4 is 0 Å². The van der Waals surface area contributed by atoms with E-state index >= 15 is 0 Å². The lowest BCUT2D eigenvalue weighted by Gasteiger charge is -2.43. The molecule has 1 saturated heterocycles. The van der Waals surface area contributed by atoms with Crippen LogP contribution in [0.25, 0.3) is 0 Å². The number of likely N-dealkylation sites (N-methyl/N-ethyl adjacent to an activating group) is 1. The van der Waals surface area contributed by atoms with Crippen molar-refractivity contribution in [2.75, 3.05) is 14.1 Å². The molecule has 37 heavy (non-hydrogen) atoms. The highest BCUT2D eigenvalue weighted by molar-refractivity contribution is 6.00. The topological polar surface area (TPSA) is 123 Å². The molecule has 0 spiro atoms. The molecule has 1 fully saturated rings. The lowest BCUT2D eigenvalue weighted by Crippen LogP contribution is -2.56. The van der Waals surface area contributed by atoms with Crippen molar-refractivity contribution in [3.63, 3.8) is 0 Å². The van der Waals surface area contributed by atoms with Gasteiger partial charge in [0.25, 0.3) is 0 Å². The third-order valence-corrected chi connectivity index (χ3v) is 7.93. The number of carbonyl (C=O) groups excluding carboxylic acids is 3. The summed E-state index contributed by atoms with van der Waals surface area (Å²) in [5.41, 5.74) is -1.57. The van der Waals surface area contributed by atoms with Crippen molar-refractivity contribution in [1.82, 2.24) is 4.90 Å². The molecule has 0 aromatic carbocycles. The van der Waals surface area contributed by atoms with Gasteiger partial charge >= 0.3 is 5.97 Å². The average molecular weight is 526 g/mol. The molecule has 2 N–H and O–H groups in total. The van der Waals surface area contributed by atoms with Crippen LogP contribution in [0.2, 0.25) is 0 Å². The number of nitrogens with zero attached hydrogens (tertiary/aromatic N) is 1. The Hall–Kier alpha value is -1.65. The summed E-state index contributed by atoms with van der Waals surface area (Å²) in [6.45, 7) is 12.0. The van der Waals surface area contributed by atoms with Crippen LogP contribution in [-0.2, 0) is 28.6 Å². The molecule has 9 nitrogen and oxygen atoms in total. The standard InChI is InChI=1S/C28H47NO8/c1-10-22-28(7,34)12-11-21(30)15(2)13-16(3)25(18(5)23(31)19(6)26(33)36-22)37-27-24(32)20(29(8)9)14-17(4)35-27/h11-12,15-20,22,24-25,27,32,34H,10,13-14H2,1-9H3/b12-11+/t15-,16+,17-,18+,19-,20+,22?,24-,25+,27+,28+/m1/s1. The second-order valence-corrected chi connectivity index (χ2v) is 11.5. The second-order valence-electron chi connectivity index (χ2n) is 11.5. The van der Waals surface area contributed by atoms with Gasteiger partial charge in [-0.2, -0.15) is 0 Å². The van der Waals surface area contributed by atoms with E-state index in [2.05, 4.69) is 0 Å². The van der Waals surface area contributed by atoms with Gasteiger partial charge in [0.2, 0.25) is 0 Å². The summed E-state index contributed by atoms with van der Waals surface area (Å²) in [5, 5.41) is 21.9. The van der Waals surface area contributed by atoms with Crippen LogP contribution in [0.15, 0.2) is 12.2 Å².